The number of ether oxygens (including phenoxy) is 1. The number of rotatable bonds is 4. The lowest BCUT2D eigenvalue weighted by Crippen LogP contribution is -2.41. The van der Waals surface area contributed by atoms with Gasteiger partial charge in [-0.2, -0.15) is 0 Å². The molecule has 5 heteroatoms. The molecule has 0 saturated carbocycles. The van der Waals surface area contributed by atoms with E-state index in [2.05, 4.69) is 36.9 Å². The molecule has 1 aliphatic heterocycles. The Bertz CT molecular complexity index is 583. The summed E-state index contributed by atoms with van der Waals surface area (Å²) in [7, 11) is 0. The van der Waals surface area contributed by atoms with Gasteiger partial charge in [-0.1, -0.05) is 6.07 Å². The van der Waals surface area contributed by atoms with Crippen molar-refractivity contribution in [3.63, 3.8) is 0 Å². The van der Waals surface area contributed by atoms with Crippen molar-refractivity contribution < 1.29 is 9.53 Å². The van der Waals surface area contributed by atoms with Gasteiger partial charge in [0, 0.05) is 26.2 Å². The molecule has 2 rings (SSSR count). The van der Waals surface area contributed by atoms with Gasteiger partial charge >= 0.3 is 6.09 Å². The van der Waals surface area contributed by atoms with Crippen LogP contribution in [0.5, 0.6) is 0 Å². The first-order valence-corrected chi connectivity index (χ1v) is 9.37. The van der Waals surface area contributed by atoms with Gasteiger partial charge in [0.15, 0.2) is 0 Å². The summed E-state index contributed by atoms with van der Waals surface area (Å²) in [6.07, 6.45) is 1.69. The first kappa shape index (κ1) is 19.4. The van der Waals surface area contributed by atoms with Gasteiger partial charge in [0.2, 0.25) is 0 Å². The van der Waals surface area contributed by atoms with Gasteiger partial charge in [-0.15, -0.1) is 0 Å². The van der Waals surface area contributed by atoms with Crippen LogP contribution in [0.2, 0.25) is 0 Å². The van der Waals surface area contributed by atoms with Gasteiger partial charge in [0.05, 0.1) is 11.4 Å². The number of likely N-dealkylation sites (tertiary alicyclic amines) is 1. The number of hydrogen-bond acceptors (Lipinski definition) is 4. The van der Waals surface area contributed by atoms with Crippen molar-refractivity contribution in [2.75, 3.05) is 36.8 Å². The number of nitrogen functional groups attached to an aromatic ring is 1. The fourth-order valence-electron chi connectivity index (χ4n) is 3.40. The van der Waals surface area contributed by atoms with Crippen LogP contribution in [0.25, 0.3) is 0 Å². The van der Waals surface area contributed by atoms with Crippen LogP contribution in [0.1, 0.15) is 58.9 Å². The number of piperidine rings is 1. The lowest BCUT2D eigenvalue weighted by Gasteiger charge is -2.34. The standard InChI is InChI=1S/C20H33N3O2/c1-6-22(7-2)18-9-8-16(14-17(18)21)15-10-12-23(13-11-15)19(24)25-20(3,4)5/h8-9,14-15H,6-7,10-13,21H2,1-5H3. The minimum absolute atomic E-state index is 0.206. The van der Waals surface area contributed by atoms with Crippen LogP contribution in [0.3, 0.4) is 0 Å². The van der Waals surface area contributed by atoms with E-state index in [0.717, 1.165) is 50.4 Å². The van der Waals surface area contributed by atoms with Crippen LogP contribution >= 0.6 is 0 Å². The van der Waals surface area contributed by atoms with Gasteiger partial charge in [0.1, 0.15) is 5.60 Å². The fourth-order valence-corrected chi connectivity index (χ4v) is 3.40. The average Bonchev–Trinajstić information content (AvgIpc) is 2.56. The summed E-state index contributed by atoms with van der Waals surface area (Å²) in [6, 6.07) is 6.44. The van der Waals surface area contributed by atoms with Gasteiger partial charge in [-0.05, 0) is 71.1 Å². The Morgan fingerprint density at radius 1 is 1.24 bits per heavy atom. The first-order chi connectivity index (χ1) is 11.7. The third kappa shape index (κ3) is 5.03. The summed E-state index contributed by atoms with van der Waals surface area (Å²) >= 11 is 0. The van der Waals surface area contributed by atoms with E-state index in [9.17, 15) is 4.79 Å². The molecule has 1 fully saturated rings. The minimum atomic E-state index is -0.442. The van der Waals surface area contributed by atoms with Crippen LogP contribution < -0.4 is 10.6 Å². The third-order valence-corrected chi connectivity index (χ3v) is 4.77. The van der Waals surface area contributed by atoms with Gasteiger partial charge in [-0.3, -0.25) is 0 Å². The number of carbonyl (C=O) groups excluding carboxylic acids is 1. The highest BCUT2D eigenvalue weighted by Crippen LogP contribution is 2.33. The molecule has 0 spiro atoms. The van der Waals surface area contributed by atoms with Crippen LogP contribution in [0.4, 0.5) is 16.2 Å². The highest BCUT2D eigenvalue weighted by molar-refractivity contribution is 5.69. The monoisotopic (exact) mass is 347 g/mol. The Morgan fingerprint density at radius 2 is 1.84 bits per heavy atom. The maximum absolute atomic E-state index is 12.2. The number of carbonyl (C=O) groups is 1. The summed E-state index contributed by atoms with van der Waals surface area (Å²) in [5.41, 5.74) is 9.09. The summed E-state index contributed by atoms with van der Waals surface area (Å²) in [4.78, 5) is 16.3. The average molecular weight is 348 g/mol. The highest BCUT2D eigenvalue weighted by Gasteiger charge is 2.27. The normalized spacial score (nSPS) is 16.0. The molecule has 1 aromatic rings. The molecule has 0 atom stereocenters. The molecule has 1 saturated heterocycles. The van der Waals surface area contributed by atoms with Crippen molar-refractivity contribution in [1.82, 2.24) is 4.90 Å². The lowest BCUT2D eigenvalue weighted by atomic mass is 9.89. The summed E-state index contributed by atoms with van der Waals surface area (Å²) in [5.74, 6) is 0.451. The molecule has 1 aromatic carbocycles. The minimum Gasteiger partial charge on any atom is -0.444 e. The van der Waals surface area contributed by atoms with E-state index in [1.807, 2.05) is 25.7 Å². The molecule has 0 aromatic heterocycles. The van der Waals surface area contributed by atoms with Crippen molar-refractivity contribution >= 4 is 17.5 Å². The predicted molar refractivity (Wildman–Crippen MR) is 104 cm³/mol. The lowest BCUT2D eigenvalue weighted by molar-refractivity contribution is 0.0205. The molecule has 5 nitrogen and oxygen atoms in total. The fraction of sp³-hybridized carbons (Fsp3) is 0.650. The van der Waals surface area contributed by atoms with Crippen LogP contribution in [0.15, 0.2) is 18.2 Å². The quantitative estimate of drug-likeness (QED) is 0.828. The Labute approximate surface area is 152 Å². The molecule has 0 aliphatic carbocycles. The van der Waals surface area contributed by atoms with E-state index >= 15 is 0 Å². The highest BCUT2D eigenvalue weighted by atomic mass is 16.6. The maximum atomic E-state index is 12.2. The van der Waals surface area contributed by atoms with Crippen LogP contribution in [-0.2, 0) is 4.74 Å². The molecule has 1 amide bonds. The molecule has 2 N–H and O–H groups in total. The molecule has 1 aliphatic rings. The number of nitrogens with zero attached hydrogens (tertiary/aromatic N) is 2. The van der Waals surface area contributed by atoms with E-state index in [0.29, 0.717) is 5.92 Å². The first-order valence-electron chi connectivity index (χ1n) is 9.37. The summed E-state index contributed by atoms with van der Waals surface area (Å²) in [6.45, 7) is 13.4. The molecule has 0 unspecified atom stereocenters. The van der Waals surface area contributed by atoms with Crippen molar-refractivity contribution in [1.29, 1.82) is 0 Å². The largest absolute Gasteiger partial charge is 0.444 e. The van der Waals surface area contributed by atoms with Crippen molar-refractivity contribution in [2.45, 2.75) is 59.0 Å². The Kier molecular flexibility index (Phi) is 6.20. The van der Waals surface area contributed by atoms with E-state index in [1.165, 1.54) is 5.56 Å². The number of benzene rings is 1. The number of anilines is 2. The van der Waals surface area contributed by atoms with Gasteiger partial charge in [0.25, 0.3) is 0 Å². The molecule has 140 valence electrons. The van der Waals surface area contributed by atoms with E-state index in [-0.39, 0.29) is 6.09 Å². The molecular formula is C20H33N3O2. The summed E-state index contributed by atoms with van der Waals surface area (Å²) in [5, 5.41) is 0. The zero-order valence-electron chi connectivity index (χ0n) is 16.3. The topological polar surface area (TPSA) is 58.8 Å². The zero-order chi connectivity index (χ0) is 18.6. The smallest absolute Gasteiger partial charge is 0.410 e. The maximum Gasteiger partial charge on any atom is 0.410 e. The molecule has 0 radical (unpaired) electrons. The Balaban J connectivity index is 1.99. The Hall–Kier alpha value is -1.91. The van der Waals surface area contributed by atoms with Crippen molar-refractivity contribution in [2.24, 2.45) is 0 Å². The third-order valence-electron chi connectivity index (χ3n) is 4.77. The number of hydrogen-bond donors (Lipinski definition) is 1. The van der Waals surface area contributed by atoms with E-state index in [4.69, 9.17) is 10.5 Å². The second-order valence-electron chi connectivity index (χ2n) is 7.73. The molecule has 0 bridgehead atoms. The van der Waals surface area contributed by atoms with Crippen molar-refractivity contribution in [3.05, 3.63) is 23.8 Å². The van der Waals surface area contributed by atoms with E-state index in [1.54, 1.807) is 0 Å². The summed E-state index contributed by atoms with van der Waals surface area (Å²) < 4.78 is 5.47. The molecular weight excluding hydrogens is 314 g/mol. The van der Waals surface area contributed by atoms with E-state index < -0.39 is 5.60 Å². The molecule has 25 heavy (non-hydrogen) atoms. The zero-order valence-corrected chi connectivity index (χ0v) is 16.3. The van der Waals surface area contributed by atoms with Crippen LogP contribution in [-0.4, -0.2) is 42.8 Å². The molecule has 1 heterocycles. The predicted octanol–water partition coefficient (Wildman–Crippen LogP) is 4.23. The van der Waals surface area contributed by atoms with Gasteiger partial charge < -0.3 is 20.3 Å². The number of amides is 1. The SMILES string of the molecule is CCN(CC)c1ccc(C2CCN(C(=O)OC(C)(C)C)CC2)cc1N. The van der Waals surface area contributed by atoms with Crippen LogP contribution in [0, 0.1) is 0 Å². The number of nitrogens with two attached hydrogens (primary N) is 1. The second kappa shape index (κ2) is 7.98. The second-order valence-corrected chi connectivity index (χ2v) is 7.73. The van der Waals surface area contributed by atoms with Gasteiger partial charge in [-0.25, -0.2) is 4.79 Å². The Morgan fingerprint density at radius 3 is 2.32 bits per heavy atom. The van der Waals surface area contributed by atoms with Crippen molar-refractivity contribution in [3.8, 4) is 0 Å².